The zero-order chi connectivity index (χ0) is 12.5. The molecule has 0 aliphatic heterocycles. The summed E-state index contributed by atoms with van der Waals surface area (Å²) in [5.41, 5.74) is 6.19. The number of aliphatic hydroxyl groups excluding tert-OH is 1. The van der Waals surface area contributed by atoms with Crippen molar-refractivity contribution in [1.29, 1.82) is 0 Å². The van der Waals surface area contributed by atoms with Crippen molar-refractivity contribution in [3.63, 3.8) is 0 Å². The first-order valence-electron chi connectivity index (χ1n) is 5.47. The lowest BCUT2D eigenvalue weighted by atomic mass is 10.3. The second kappa shape index (κ2) is 7.51. The molecule has 0 unspecified atom stereocenters. The highest BCUT2D eigenvalue weighted by Gasteiger charge is 2.03. The van der Waals surface area contributed by atoms with Crippen molar-refractivity contribution in [3.8, 4) is 5.75 Å². The smallest absolute Gasteiger partial charge is 0.309 e. The van der Waals surface area contributed by atoms with Crippen LogP contribution in [0.1, 0.15) is 12.8 Å². The van der Waals surface area contributed by atoms with Gasteiger partial charge in [0, 0.05) is 18.7 Å². The van der Waals surface area contributed by atoms with Gasteiger partial charge in [-0.05, 0) is 24.3 Å². The van der Waals surface area contributed by atoms with Gasteiger partial charge in [0.2, 0.25) is 0 Å². The van der Waals surface area contributed by atoms with E-state index in [1.165, 1.54) is 0 Å². The Morgan fingerprint density at radius 3 is 2.59 bits per heavy atom. The van der Waals surface area contributed by atoms with Crippen LogP contribution in [0.5, 0.6) is 5.75 Å². The van der Waals surface area contributed by atoms with Crippen molar-refractivity contribution in [2.45, 2.75) is 12.8 Å². The van der Waals surface area contributed by atoms with E-state index in [1.807, 2.05) is 0 Å². The number of ether oxygens (including phenoxy) is 2. The normalized spacial score (nSPS) is 9.94. The van der Waals surface area contributed by atoms with Crippen molar-refractivity contribution in [3.05, 3.63) is 24.3 Å². The summed E-state index contributed by atoms with van der Waals surface area (Å²) < 4.78 is 10.2. The van der Waals surface area contributed by atoms with Crippen molar-refractivity contribution in [1.82, 2.24) is 0 Å². The molecular formula is C12H17NO4. The molecule has 0 saturated heterocycles. The maximum Gasteiger partial charge on any atom is 0.309 e. The van der Waals surface area contributed by atoms with Crippen LogP contribution in [0.4, 0.5) is 5.69 Å². The molecule has 0 radical (unpaired) electrons. The highest BCUT2D eigenvalue weighted by molar-refractivity contribution is 5.69. The molecule has 1 aromatic rings. The van der Waals surface area contributed by atoms with Gasteiger partial charge in [-0.2, -0.15) is 0 Å². The Morgan fingerprint density at radius 1 is 1.24 bits per heavy atom. The summed E-state index contributed by atoms with van der Waals surface area (Å²) in [6.45, 7) is 0.536. The molecule has 17 heavy (non-hydrogen) atoms. The summed E-state index contributed by atoms with van der Waals surface area (Å²) in [6.07, 6.45) is 0.653. The number of benzene rings is 1. The predicted molar refractivity (Wildman–Crippen MR) is 63.6 cm³/mol. The number of rotatable bonds is 7. The molecule has 0 fully saturated rings. The number of aliphatic hydroxyl groups is 1. The first-order valence-corrected chi connectivity index (χ1v) is 5.47. The number of carbonyl (C=O) groups is 1. The SMILES string of the molecule is Nc1ccc(OCCC(=O)OCCCO)cc1. The van der Waals surface area contributed by atoms with Gasteiger partial charge in [-0.1, -0.05) is 0 Å². The lowest BCUT2D eigenvalue weighted by Gasteiger charge is -2.06. The summed E-state index contributed by atoms with van der Waals surface area (Å²) in [6, 6.07) is 6.95. The first kappa shape index (κ1) is 13.3. The molecule has 0 aliphatic rings. The molecule has 5 heteroatoms. The quantitative estimate of drug-likeness (QED) is 0.421. The maximum atomic E-state index is 11.2. The highest BCUT2D eigenvalue weighted by Crippen LogP contribution is 2.13. The molecule has 0 atom stereocenters. The van der Waals surface area contributed by atoms with E-state index in [2.05, 4.69) is 0 Å². The van der Waals surface area contributed by atoms with Crippen LogP contribution in [-0.2, 0) is 9.53 Å². The number of anilines is 1. The molecule has 0 bridgehead atoms. The molecule has 1 aromatic carbocycles. The molecule has 0 saturated carbocycles. The van der Waals surface area contributed by atoms with Crippen LogP contribution in [0.25, 0.3) is 0 Å². The summed E-state index contributed by atoms with van der Waals surface area (Å²) >= 11 is 0. The van der Waals surface area contributed by atoms with E-state index in [4.69, 9.17) is 20.3 Å². The van der Waals surface area contributed by atoms with Gasteiger partial charge in [0.15, 0.2) is 0 Å². The van der Waals surface area contributed by atoms with Crippen LogP contribution in [0.3, 0.4) is 0 Å². The zero-order valence-electron chi connectivity index (χ0n) is 9.59. The van der Waals surface area contributed by atoms with Gasteiger partial charge in [0.1, 0.15) is 5.75 Å². The van der Waals surface area contributed by atoms with E-state index in [0.29, 0.717) is 17.9 Å². The average Bonchev–Trinajstić information content (AvgIpc) is 2.32. The Hall–Kier alpha value is -1.75. The Bertz CT molecular complexity index is 337. The first-order chi connectivity index (χ1) is 8.22. The molecule has 94 valence electrons. The van der Waals surface area contributed by atoms with Gasteiger partial charge in [-0.15, -0.1) is 0 Å². The standard InChI is InChI=1S/C12H17NO4/c13-10-2-4-11(5-3-10)16-9-6-12(15)17-8-1-7-14/h2-5,14H,1,6-9,13H2. The van der Waals surface area contributed by atoms with E-state index < -0.39 is 0 Å². The third-order valence-electron chi connectivity index (χ3n) is 2.02. The molecule has 0 aliphatic carbocycles. The molecule has 1 rings (SSSR count). The van der Waals surface area contributed by atoms with Crippen LogP contribution < -0.4 is 10.5 Å². The van der Waals surface area contributed by atoms with Gasteiger partial charge in [-0.25, -0.2) is 0 Å². The maximum absolute atomic E-state index is 11.2. The second-order valence-corrected chi connectivity index (χ2v) is 3.47. The van der Waals surface area contributed by atoms with Crippen LogP contribution in [0.15, 0.2) is 24.3 Å². The van der Waals surface area contributed by atoms with E-state index in [-0.39, 0.29) is 32.2 Å². The third-order valence-corrected chi connectivity index (χ3v) is 2.02. The number of nitrogens with two attached hydrogens (primary N) is 1. The van der Waals surface area contributed by atoms with Crippen molar-refractivity contribution >= 4 is 11.7 Å². The predicted octanol–water partition coefficient (Wildman–Crippen LogP) is 0.963. The van der Waals surface area contributed by atoms with Crippen LogP contribution in [0, 0.1) is 0 Å². The Labute approximate surface area is 100 Å². The Kier molecular flexibility index (Phi) is 5.88. The third kappa shape index (κ3) is 5.77. The van der Waals surface area contributed by atoms with Gasteiger partial charge in [0.25, 0.3) is 0 Å². The minimum Gasteiger partial charge on any atom is -0.493 e. The molecule has 0 spiro atoms. The van der Waals surface area contributed by atoms with Gasteiger partial charge in [0.05, 0.1) is 19.6 Å². The van der Waals surface area contributed by atoms with Crippen LogP contribution in [0.2, 0.25) is 0 Å². The largest absolute Gasteiger partial charge is 0.493 e. The number of hydrogen-bond acceptors (Lipinski definition) is 5. The molecule has 0 heterocycles. The molecule has 5 nitrogen and oxygen atoms in total. The highest BCUT2D eigenvalue weighted by atomic mass is 16.5. The number of hydrogen-bond donors (Lipinski definition) is 2. The lowest BCUT2D eigenvalue weighted by molar-refractivity contribution is -0.144. The molecule has 3 N–H and O–H groups in total. The fraction of sp³-hybridized carbons (Fsp3) is 0.417. The summed E-state index contributed by atoms with van der Waals surface area (Å²) in [5.74, 6) is 0.344. The minimum atomic E-state index is -0.325. The molecule has 0 aromatic heterocycles. The Morgan fingerprint density at radius 2 is 1.94 bits per heavy atom. The Balaban J connectivity index is 2.14. The van der Waals surface area contributed by atoms with Crippen molar-refractivity contribution in [2.24, 2.45) is 0 Å². The number of esters is 1. The van der Waals surface area contributed by atoms with Crippen LogP contribution >= 0.6 is 0 Å². The lowest BCUT2D eigenvalue weighted by Crippen LogP contribution is -2.11. The van der Waals surface area contributed by atoms with Crippen molar-refractivity contribution in [2.75, 3.05) is 25.6 Å². The number of carbonyl (C=O) groups excluding carboxylic acids is 1. The van der Waals surface area contributed by atoms with Gasteiger partial charge >= 0.3 is 5.97 Å². The minimum absolute atomic E-state index is 0.0230. The summed E-state index contributed by atoms with van der Waals surface area (Å²) in [5, 5.41) is 8.50. The average molecular weight is 239 g/mol. The fourth-order valence-corrected chi connectivity index (χ4v) is 1.14. The second-order valence-electron chi connectivity index (χ2n) is 3.47. The molecule has 0 amide bonds. The van der Waals surface area contributed by atoms with E-state index in [1.54, 1.807) is 24.3 Å². The summed E-state index contributed by atoms with van der Waals surface area (Å²) in [7, 11) is 0. The van der Waals surface area contributed by atoms with Crippen LogP contribution in [-0.4, -0.2) is 30.9 Å². The zero-order valence-corrected chi connectivity index (χ0v) is 9.59. The molecular weight excluding hydrogens is 222 g/mol. The van der Waals surface area contributed by atoms with E-state index >= 15 is 0 Å². The monoisotopic (exact) mass is 239 g/mol. The summed E-state index contributed by atoms with van der Waals surface area (Å²) in [4.78, 5) is 11.2. The fourth-order valence-electron chi connectivity index (χ4n) is 1.14. The number of nitrogen functional groups attached to an aromatic ring is 1. The van der Waals surface area contributed by atoms with Gasteiger partial charge in [-0.3, -0.25) is 4.79 Å². The van der Waals surface area contributed by atoms with E-state index in [9.17, 15) is 4.79 Å². The topological polar surface area (TPSA) is 81.8 Å². The van der Waals surface area contributed by atoms with Gasteiger partial charge < -0.3 is 20.3 Å². The van der Waals surface area contributed by atoms with Crippen molar-refractivity contribution < 1.29 is 19.4 Å². The van der Waals surface area contributed by atoms with E-state index in [0.717, 1.165) is 0 Å².